The van der Waals surface area contributed by atoms with Gasteiger partial charge in [-0.1, -0.05) is 44.9 Å². The number of hydrogen-bond donors (Lipinski definition) is 2. The van der Waals surface area contributed by atoms with E-state index in [2.05, 4.69) is 30.5 Å². The standard InChI is InChI=1S/C20H30N2O3/c1-4-8-14(9-5-2)19(23)22-18(20(24)25-3)12-15-13-21-17-11-7-6-10-16(15)17/h6-7,10-11,14-15,18,21H,4-5,8-9,12-13H2,1-3H3,(H,22,23). The lowest BCUT2D eigenvalue weighted by atomic mass is 9.92. The maximum Gasteiger partial charge on any atom is 0.328 e. The second kappa shape index (κ2) is 9.44. The number of nitrogens with one attached hydrogen (secondary N) is 2. The molecule has 0 saturated carbocycles. The maximum absolute atomic E-state index is 12.6. The third-order valence-electron chi connectivity index (χ3n) is 4.91. The molecule has 1 aliphatic heterocycles. The maximum atomic E-state index is 12.6. The lowest BCUT2D eigenvalue weighted by Gasteiger charge is -2.23. The smallest absolute Gasteiger partial charge is 0.328 e. The number of carbonyl (C=O) groups is 2. The molecule has 0 aromatic heterocycles. The van der Waals surface area contributed by atoms with E-state index in [1.165, 1.54) is 12.7 Å². The first-order valence-electron chi connectivity index (χ1n) is 9.31. The average molecular weight is 346 g/mol. The summed E-state index contributed by atoms with van der Waals surface area (Å²) >= 11 is 0. The molecule has 2 unspecified atom stereocenters. The zero-order chi connectivity index (χ0) is 18.2. The van der Waals surface area contributed by atoms with Gasteiger partial charge < -0.3 is 15.4 Å². The molecule has 1 aromatic rings. The van der Waals surface area contributed by atoms with Crippen LogP contribution >= 0.6 is 0 Å². The molecule has 1 aromatic carbocycles. The minimum atomic E-state index is -0.605. The average Bonchev–Trinajstić information content (AvgIpc) is 3.03. The second-order valence-electron chi connectivity index (χ2n) is 6.76. The number of methoxy groups -OCH3 is 1. The van der Waals surface area contributed by atoms with E-state index in [1.54, 1.807) is 0 Å². The number of carbonyl (C=O) groups excluding carboxylic acids is 2. The summed E-state index contributed by atoms with van der Waals surface area (Å²) in [7, 11) is 1.37. The van der Waals surface area contributed by atoms with Crippen molar-refractivity contribution in [1.29, 1.82) is 0 Å². The molecule has 25 heavy (non-hydrogen) atoms. The van der Waals surface area contributed by atoms with Gasteiger partial charge in [0, 0.05) is 24.1 Å². The SMILES string of the molecule is CCCC(CCC)C(=O)NC(CC1CNc2ccccc21)C(=O)OC. The van der Waals surface area contributed by atoms with Gasteiger partial charge in [0.05, 0.1) is 7.11 Å². The predicted octanol–water partition coefficient (Wildman–Crippen LogP) is 3.46. The molecule has 1 amide bonds. The molecule has 2 atom stereocenters. The van der Waals surface area contributed by atoms with Gasteiger partial charge in [-0.3, -0.25) is 4.79 Å². The van der Waals surface area contributed by atoms with Crippen LogP contribution < -0.4 is 10.6 Å². The molecule has 1 heterocycles. The topological polar surface area (TPSA) is 67.4 Å². The van der Waals surface area contributed by atoms with Gasteiger partial charge in [-0.15, -0.1) is 0 Å². The van der Waals surface area contributed by atoms with Crippen LogP contribution in [0.25, 0.3) is 0 Å². The molecule has 0 bridgehead atoms. The Balaban J connectivity index is 2.07. The molecule has 0 spiro atoms. The van der Waals surface area contributed by atoms with Crippen LogP contribution in [0.1, 0.15) is 57.4 Å². The highest BCUT2D eigenvalue weighted by Crippen LogP contribution is 2.34. The number of anilines is 1. The number of esters is 1. The summed E-state index contributed by atoms with van der Waals surface area (Å²) in [6.07, 6.45) is 4.16. The van der Waals surface area contributed by atoms with Crippen molar-refractivity contribution in [3.8, 4) is 0 Å². The molecular formula is C20H30N2O3. The summed E-state index contributed by atoms with van der Waals surface area (Å²) in [5.41, 5.74) is 2.31. The van der Waals surface area contributed by atoms with Crippen molar-refractivity contribution in [1.82, 2.24) is 5.32 Å². The summed E-state index contributed by atoms with van der Waals surface area (Å²) in [5, 5.41) is 6.32. The first-order valence-corrected chi connectivity index (χ1v) is 9.31. The van der Waals surface area contributed by atoms with Crippen LogP contribution in [0.2, 0.25) is 0 Å². The number of hydrogen-bond acceptors (Lipinski definition) is 4. The van der Waals surface area contributed by atoms with Crippen LogP contribution in [0.3, 0.4) is 0 Å². The molecule has 2 rings (SSSR count). The Morgan fingerprint density at radius 3 is 2.56 bits per heavy atom. The van der Waals surface area contributed by atoms with E-state index in [-0.39, 0.29) is 23.7 Å². The number of rotatable bonds is 9. The van der Waals surface area contributed by atoms with Crippen LogP contribution in [-0.4, -0.2) is 31.6 Å². The Morgan fingerprint density at radius 2 is 1.92 bits per heavy atom. The lowest BCUT2D eigenvalue weighted by Crippen LogP contribution is -2.45. The summed E-state index contributed by atoms with van der Waals surface area (Å²) in [6.45, 7) is 4.93. The van der Waals surface area contributed by atoms with Gasteiger partial charge in [-0.25, -0.2) is 4.79 Å². The van der Waals surface area contributed by atoms with E-state index in [9.17, 15) is 9.59 Å². The number of ether oxygens (including phenoxy) is 1. The van der Waals surface area contributed by atoms with Gasteiger partial charge in [0.25, 0.3) is 0 Å². The van der Waals surface area contributed by atoms with Gasteiger partial charge in [0.1, 0.15) is 6.04 Å². The van der Waals surface area contributed by atoms with E-state index in [4.69, 9.17) is 4.74 Å². The molecule has 0 aliphatic carbocycles. The number of para-hydroxylation sites is 1. The number of fused-ring (bicyclic) bond motifs is 1. The van der Waals surface area contributed by atoms with Crippen molar-refractivity contribution in [2.24, 2.45) is 5.92 Å². The zero-order valence-corrected chi connectivity index (χ0v) is 15.5. The minimum Gasteiger partial charge on any atom is -0.467 e. The Labute approximate surface area is 150 Å². The van der Waals surface area contributed by atoms with Crippen molar-refractivity contribution >= 4 is 17.6 Å². The first kappa shape index (κ1) is 19.3. The minimum absolute atomic E-state index is 0.0293. The molecule has 0 radical (unpaired) electrons. The van der Waals surface area contributed by atoms with Gasteiger partial charge in [-0.2, -0.15) is 0 Å². The molecule has 5 nitrogen and oxygen atoms in total. The highest BCUT2D eigenvalue weighted by Gasteiger charge is 2.31. The third-order valence-corrected chi connectivity index (χ3v) is 4.91. The largest absolute Gasteiger partial charge is 0.467 e. The van der Waals surface area contributed by atoms with E-state index in [1.807, 2.05) is 18.2 Å². The first-order chi connectivity index (χ1) is 12.1. The summed E-state index contributed by atoms with van der Waals surface area (Å²) < 4.78 is 4.94. The van der Waals surface area contributed by atoms with Gasteiger partial charge >= 0.3 is 5.97 Å². The van der Waals surface area contributed by atoms with Crippen LogP contribution in [-0.2, 0) is 14.3 Å². The second-order valence-corrected chi connectivity index (χ2v) is 6.76. The molecule has 138 valence electrons. The van der Waals surface area contributed by atoms with Crippen LogP contribution in [0.4, 0.5) is 5.69 Å². The van der Waals surface area contributed by atoms with Crippen molar-refractivity contribution in [3.63, 3.8) is 0 Å². The van der Waals surface area contributed by atoms with Crippen LogP contribution in [0.5, 0.6) is 0 Å². The van der Waals surface area contributed by atoms with Gasteiger partial charge in [0.2, 0.25) is 5.91 Å². The fourth-order valence-corrected chi connectivity index (χ4v) is 3.60. The van der Waals surface area contributed by atoms with Gasteiger partial charge in [-0.05, 0) is 30.9 Å². The van der Waals surface area contributed by atoms with Crippen LogP contribution in [0.15, 0.2) is 24.3 Å². The lowest BCUT2D eigenvalue weighted by molar-refractivity contribution is -0.146. The Bertz CT molecular complexity index is 582. The molecule has 1 aliphatic rings. The van der Waals surface area contributed by atoms with E-state index in [0.717, 1.165) is 37.9 Å². The van der Waals surface area contributed by atoms with Crippen molar-refractivity contribution < 1.29 is 14.3 Å². The Kier molecular flexibility index (Phi) is 7.29. The number of amides is 1. The van der Waals surface area contributed by atoms with Crippen molar-refractivity contribution in [2.75, 3.05) is 19.0 Å². The summed E-state index contributed by atoms with van der Waals surface area (Å²) in [4.78, 5) is 24.9. The quantitative estimate of drug-likeness (QED) is 0.672. The summed E-state index contributed by atoms with van der Waals surface area (Å²) in [5.74, 6) is -0.240. The molecule has 0 fully saturated rings. The van der Waals surface area contributed by atoms with E-state index < -0.39 is 6.04 Å². The molecule has 0 saturated heterocycles. The van der Waals surface area contributed by atoms with Crippen molar-refractivity contribution in [3.05, 3.63) is 29.8 Å². The monoisotopic (exact) mass is 346 g/mol. The highest BCUT2D eigenvalue weighted by atomic mass is 16.5. The third kappa shape index (κ3) is 4.97. The van der Waals surface area contributed by atoms with Crippen LogP contribution in [0, 0.1) is 5.92 Å². The highest BCUT2D eigenvalue weighted by molar-refractivity contribution is 5.85. The Morgan fingerprint density at radius 1 is 1.24 bits per heavy atom. The number of benzene rings is 1. The molecule has 2 N–H and O–H groups in total. The zero-order valence-electron chi connectivity index (χ0n) is 15.5. The fourth-order valence-electron chi connectivity index (χ4n) is 3.60. The fraction of sp³-hybridized carbons (Fsp3) is 0.600. The van der Waals surface area contributed by atoms with E-state index >= 15 is 0 Å². The predicted molar refractivity (Wildman–Crippen MR) is 99.5 cm³/mol. The van der Waals surface area contributed by atoms with Crippen molar-refractivity contribution in [2.45, 2.75) is 57.9 Å². The van der Waals surface area contributed by atoms with E-state index in [0.29, 0.717) is 6.42 Å². The van der Waals surface area contributed by atoms with Gasteiger partial charge in [0.15, 0.2) is 0 Å². The molecule has 5 heteroatoms. The Hall–Kier alpha value is -2.04. The summed E-state index contributed by atoms with van der Waals surface area (Å²) in [6, 6.07) is 7.51. The normalized spacial score (nSPS) is 16.9. The molecular weight excluding hydrogens is 316 g/mol.